The first-order valence-corrected chi connectivity index (χ1v) is 6.60. The van der Waals surface area contributed by atoms with E-state index >= 15 is 0 Å². The lowest BCUT2D eigenvalue weighted by Gasteiger charge is -2.12. The number of hydrogen-bond acceptors (Lipinski definition) is 1. The molecule has 94 valence electrons. The second-order valence-corrected chi connectivity index (χ2v) is 5.66. The van der Waals surface area contributed by atoms with Crippen molar-refractivity contribution < 1.29 is 0 Å². The SMILES string of the molecule is CC(C)N=C(Nc1cc(Cl)cc(Cl)c1)C(Cl)Cl. The normalized spacial score (nSPS) is 12.4. The molecule has 2 nitrogen and oxygen atoms in total. The maximum atomic E-state index is 5.89. The number of hydrogen-bond donors (Lipinski definition) is 1. The molecule has 0 aliphatic heterocycles. The first-order chi connectivity index (χ1) is 7.88. The summed E-state index contributed by atoms with van der Waals surface area (Å²) in [4.78, 5) is 3.56. The number of alkyl halides is 2. The molecule has 0 aliphatic carbocycles. The van der Waals surface area contributed by atoms with Crippen molar-refractivity contribution in [3.63, 3.8) is 0 Å². The monoisotopic (exact) mass is 312 g/mol. The highest BCUT2D eigenvalue weighted by atomic mass is 35.5. The molecule has 0 saturated heterocycles. The molecule has 17 heavy (non-hydrogen) atoms. The summed E-state index contributed by atoms with van der Waals surface area (Å²) in [6.45, 7) is 3.87. The van der Waals surface area contributed by atoms with E-state index in [0.717, 1.165) is 0 Å². The van der Waals surface area contributed by atoms with Crippen molar-refractivity contribution in [2.24, 2.45) is 4.99 Å². The third-order valence-corrected chi connectivity index (χ3v) is 2.59. The van der Waals surface area contributed by atoms with Gasteiger partial charge in [-0.25, -0.2) is 0 Å². The van der Waals surface area contributed by atoms with Crippen molar-refractivity contribution in [1.29, 1.82) is 0 Å². The van der Waals surface area contributed by atoms with Crippen LogP contribution in [0.3, 0.4) is 0 Å². The van der Waals surface area contributed by atoms with Crippen LogP contribution in [0, 0.1) is 0 Å². The molecule has 0 bridgehead atoms. The van der Waals surface area contributed by atoms with Crippen LogP contribution in [-0.2, 0) is 0 Å². The molecule has 0 saturated carbocycles. The minimum atomic E-state index is -0.727. The number of aliphatic imine (C=N–C) groups is 1. The van der Waals surface area contributed by atoms with Gasteiger partial charge in [0.1, 0.15) is 5.84 Å². The van der Waals surface area contributed by atoms with Gasteiger partial charge in [0.2, 0.25) is 0 Å². The molecule has 0 aromatic heterocycles. The van der Waals surface area contributed by atoms with E-state index in [4.69, 9.17) is 46.4 Å². The van der Waals surface area contributed by atoms with Crippen LogP contribution in [0.5, 0.6) is 0 Å². The molecule has 0 radical (unpaired) electrons. The molecule has 1 rings (SSSR count). The summed E-state index contributed by atoms with van der Waals surface area (Å²) in [5.74, 6) is 0.474. The fourth-order valence-electron chi connectivity index (χ4n) is 1.20. The molecule has 0 amide bonds. The number of anilines is 1. The van der Waals surface area contributed by atoms with Crippen molar-refractivity contribution in [3.8, 4) is 0 Å². The number of halogens is 4. The number of benzene rings is 1. The summed E-state index contributed by atoms with van der Waals surface area (Å²) in [6, 6.07) is 5.18. The van der Waals surface area contributed by atoms with Gasteiger partial charge in [0.05, 0.1) is 0 Å². The fraction of sp³-hybridized carbons (Fsp3) is 0.364. The zero-order chi connectivity index (χ0) is 13.0. The van der Waals surface area contributed by atoms with Gasteiger partial charge >= 0.3 is 0 Å². The molecule has 0 aliphatic rings. The number of amidine groups is 1. The van der Waals surface area contributed by atoms with Gasteiger partial charge < -0.3 is 5.32 Å². The van der Waals surface area contributed by atoms with Crippen LogP contribution in [0.4, 0.5) is 5.69 Å². The Morgan fingerprint density at radius 1 is 1.12 bits per heavy atom. The average Bonchev–Trinajstić information content (AvgIpc) is 2.13. The van der Waals surface area contributed by atoms with Crippen LogP contribution in [0.2, 0.25) is 10.0 Å². The van der Waals surface area contributed by atoms with Gasteiger partial charge in [0.25, 0.3) is 0 Å². The Hall–Kier alpha value is -0.150. The van der Waals surface area contributed by atoms with Gasteiger partial charge in [-0.05, 0) is 32.0 Å². The zero-order valence-corrected chi connectivity index (χ0v) is 12.4. The summed E-state index contributed by atoms with van der Waals surface area (Å²) in [5.41, 5.74) is 0.702. The van der Waals surface area contributed by atoms with Crippen molar-refractivity contribution in [1.82, 2.24) is 0 Å². The van der Waals surface area contributed by atoms with Crippen LogP contribution in [0.25, 0.3) is 0 Å². The Kier molecular flexibility index (Phi) is 5.87. The summed E-state index contributed by atoms with van der Waals surface area (Å²) in [7, 11) is 0. The number of nitrogens with one attached hydrogen (secondary N) is 1. The Morgan fingerprint density at radius 3 is 2.06 bits per heavy atom. The second kappa shape index (κ2) is 6.69. The van der Waals surface area contributed by atoms with Gasteiger partial charge in [0.15, 0.2) is 4.84 Å². The summed E-state index contributed by atoms with van der Waals surface area (Å²) < 4.78 is 0. The molecular weight excluding hydrogens is 302 g/mol. The average molecular weight is 314 g/mol. The van der Waals surface area contributed by atoms with Crippen molar-refractivity contribution in [3.05, 3.63) is 28.2 Å². The highest BCUT2D eigenvalue weighted by molar-refractivity contribution is 6.55. The standard InChI is InChI=1S/C11H12Cl4N2/c1-6(2)16-11(10(14)15)17-9-4-7(12)3-8(13)5-9/h3-6,10H,1-2H3,(H,16,17). The molecular formula is C11H12Cl4N2. The fourth-order valence-corrected chi connectivity index (χ4v) is 1.94. The van der Waals surface area contributed by atoms with Gasteiger partial charge in [-0.15, -0.1) is 0 Å². The first kappa shape index (κ1) is 14.9. The Balaban J connectivity index is 2.94. The quantitative estimate of drug-likeness (QED) is 0.473. The van der Waals surface area contributed by atoms with E-state index < -0.39 is 4.84 Å². The van der Waals surface area contributed by atoms with E-state index in [2.05, 4.69) is 10.3 Å². The molecule has 0 heterocycles. The predicted molar refractivity (Wildman–Crippen MR) is 78.1 cm³/mol. The van der Waals surface area contributed by atoms with E-state index in [1.54, 1.807) is 18.2 Å². The third kappa shape index (κ3) is 5.35. The maximum Gasteiger partial charge on any atom is 0.164 e. The van der Waals surface area contributed by atoms with E-state index in [9.17, 15) is 0 Å². The van der Waals surface area contributed by atoms with E-state index in [0.29, 0.717) is 21.6 Å². The van der Waals surface area contributed by atoms with Crippen molar-refractivity contribution in [2.75, 3.05) is 5.32 Å². The van der Waals surface area contributed by atoms with Gasteiger partial charge in [-0.1, -0.05) is 46.4 Å². The van der Waals surface area contributed by atoms with E-state index in [1.165, 1.54) is 0 Å². The summed E-state index contributed by atoms with van der Waals surface area (Å²) >= 11 is 23.4. The molecule has 1 aromatic carbocycles. The zero-order valence-electron chi connectivity index (χ0n) is 9.35. The number of rotatable bonds is 3. The lowest BCUT2D eigenvalue weighted by atomic mass is 10.3. The minimum Gasteiger partial charge on any atom is -0.342 e. The lowest BCUT2D eigenvalue weighted by molar-refractivity contribution is 0.834. The van der Waals surface area contributed by atoms with Crippen LogP contribution in [0.1, 0.15) is 13.8 Å². The second-order valence-electron chi connectivity index (χ2n) is 3.69. The smallest absolute Gasteiger partial charge is 0.164 e. The highest BCUT2D eigenvalue weighted by Crippen LogP contribution is 2.23. The van der Waals surface area contributed by atoms with Crippen LogP contribution >= 0.6 is 46.4 Å². The molecule has 1 aromatic rings. The molecule has 0 atom stereocenters. The Morgan fingerprint density at radius 2 is 1.65 bits per heavy atom. The van der Waals surface area contributed by atoms with Gasteiger partial charge in [0, 0.05) is 21.8 Å². The van der Waals surface area contributed by atoms with E-state index in [-0.39, 0.29) is 6.04 Å². The minimum absolute atomic E-state index is 0.0900. The third-order valence-electron chi connectivity index (χ3n) is 1.74. The molecule has 0 unspecified atom stereocenters. The molecule has 1 N–H and O–H groups in total. The van der Waals surface area contributed by atoms with Crippen molar-refractivity contribution >= 4 is 57.9 Å². The summed E-state index contributed by atoms with van der Waals surface area (Å²) in [6.07, 6.45) is 0. The van der Waals surface area contributed by atoms with Crippen LogP contribution in [-0.4, -0.2) is 16.7 Å². The summed E-state index contributed by atoms with van der Waals surface area (Å²) in [5, 5.41) is 4.07. The van der Waals surface area contributed by atoms with Crippen molar-refractivity contribution in [2.45, 2.75) is 24.7 Å². The van der Waals surface area contributed by atoms with Gasteiger partial charge in [-0.3, -0.25) is 4.99 Å². The molecule has 6 heteroatoms. The van der Waals surface area contributed by atoms with Gasteiger partial charge in [-0.2, -0.15) is 0 Å². The van der Waals surface area contributed by atoms with E-state index in [1.807, 2.05) is 13.8 Å². The maximum absolute atomic E-state index is 5.89. The predicted octanol–water partition coefficient (Wildman–Crippen LogP) is 5.02. The molecule has 0 spiro atoms. The molecule has 0 fully saturated rings. The first-order valence-electron chi connectivity index (χ1n) is 4.97. The largest absolute Gasteiger partial charge is 0.342 e. The van der Waals surface area contributed by atoms with Crippen LogP contribution < -0.4 is 5.32 Å². The number of nitrogens with zero attached hydrogens (tertiary/aromatic N) is 1. The van der Waals surface area contributed by atoms with Crippen LogP contribution in [0.15, 0.2) is 23.2 Å². The lowest BCUT2D eigenvalue weighted by Crippen LogP contribution is -2.21. The Bertz CT molecular complexity index is 396. The Labute approximate surface area is 121 Å². The topological polar surface area (TPSA) is 24.4 Å². The highest BCUT2D eigenvalue weighted by Gasteiger charge is 2.11.